The Bertz CT molecular complexity index is 642. The van der Waals surface area contributed by atoms with E-state index < -0.39 is 5.82 Å². The summed E-state index contributed by atoms with van der Waals surface area (Å²) in [7, 11) is 0. The molecule has 3 rings (SSSR count). The normalized spacial score (nSPS) is 14.9. The minimum absolute atomic E-state index is 0.334. The van der Waals surface area contributed by atoms with Crippen molar-refractivity contribution in [1.29, 1.82) is 0 Å². The molecule has 0 radical (unpaired) electrons. The molecule has 0 aliphatic carbocycles. The molecular formula is C17H19FN2O2. The highest BCUT2D eigenvalue weighted by Gasteiger charge is 2.14. The number of para-hydroxylation sites is 1. The maximum Gasteiger partial charge on any atom is 0.166 e. The lowest BCUT2D eigenvalue weighted by molar-refractivity contribution is 0.122. The summed E-state index contributed by atoms with van der Waals surface area (Å²) in [4.78, 5) is 2.30. The van der Waals surface area contributed by atoms with Crippen LogP contribution in [0.15, 0.2) is 42.5 Å². The first-order valence-corrected chi connectivity index (χ1v) is 7.37. The molecule has 0 aromatic heterocycles. The molecular weight excluding hydrogens is 283 g/mol. The Morgan fingerprint density at radius 3 is 2.68 bits per heavy atom. The third-order valence-electron chi connectivity index (χ3n) is 3.77. The lowest BCUT2D eigenvalue weighted by Gasteiger charge is -2.30. The van der Waals surface area contributed by atoms with E-state index in [4.69, 9.17) is 4.74 Å². The summed E-state index contributed by atoms with van der Waals surface area (Å²) < 4.78 is 18.8. The Balaban J connectivity index is 1.73. The molecule has 22 heavy (non-hydrogen) atoms. The molecule has 5 heteroatoms. The second kappa shape index (κ2) is 6.66. The maximum absolute atomic E-state index is 13.4. The molecule has 4 nitrogen and oxygen atoms in total. The maximum atomic E-state index is 13.4. The molecule has 1 aliphatic rings. The second-order valence-corrected chi connectivity index (χ2v) is 5.25. The molecule has 1 fully saturated rings. The fraction of sp³-hybridized carbons (Fsp3) is 0.294. The lowest BCUT2D eigenvalue weighted by atomic mass is 10.1. The van der Waals surface area contributed by atoms with Gasteiger partial charge in [0.1, 0.15) is 0 Å². The van der Waals surface area contributed by atoms with Gasteiger partial charge in [-0.25, -0.2) is 4.39 Å². The van der Waals surface area contributed by atoms with Gasteiger partial charge in [-0.2, -0.15) is 0 Å². The predicted molar refractivity (Wildman–Crippen MR) is 84.9 cm³/mol. The summed E-state index contributed by atoms with van der Waals surface area (Å²) in [6.07, 6.45) is 0. The molecule has 2 aromatic rings. The van der Waals surface area contributed by atoms with Gasteiger partial charge in [0.25, 0.3) is 0 Å². The number of morpholine rings is 1. The van der Waals surface area contributed by atoms with Crippen molar-refractivity contribution in [3.8, 4) is 5.75 Å². The molecule has 116 valence electrons. The zero-order valence-corrected chi connectivity index (χ0v) is 12.3. The topological polar surface area (TPSA) is 44.7 Å². The molecule has 0 atom stereocenters. The van der Waals surface area contributed by atoms with Crippen LogP contribution >= 0.6 is 0 Å². The van der Waals surface area contributed by atoms with Crippen LogP contribution in [0, 0.1) is 5.82 Å². The first-order valence-electron chi connectivity index (χ1n) is 7.37. The molecule has 2 N–H and O–H groups in total. The van der Waals surface area contributed by atoms with E-state index in [1.165, 1.54) is 17.8 Å². The van der Waals surface area contributed by atoms with Crippen LogP contribution in [0.1, 0.15) is 5.56 Å². The molecule has 0 spiro atoms. The van der Waals surface area contributed by atoms with Gasteiger partial charge in [-0.05, 0) is 23.8 Å². The molecule has 0 saturated carbocycles. The Kier molecular flexibility index (Phi) is 4.44. The molecule has 2 aromatic carbocycles. The Morgan fingerprint density at radius 1 is 1.14 bits per heavy atom. The highest BCUT2D eigenvalue weighted by atomic mass is 19.1. The number of anilines is 2. The quantitative estimate of drug-likeness (QED) is 0.852. The van der Waals surface area contributed by atoms with Crippen LogP contribution < -0.4 is 10.2 Å². The third-order valence-corrected chi connectivity index (χ3v) is 3.77. The van der Waals surface area contributed by atoms with E-state index in [2.05, 4.69) is 22.3 Å². The second-order valence-electron chi connectivity index (χ2n) is 5.25. The minimum atomic E-state index is -0.619. The molecule has 0 unspecified atom stereocenters. The smallest absolute Gasteiger partial charge is 0.166 e. The van der Waals surface area contributed by atoms with E-state index in [9.17, 15) is 9.50 Å². The van der Waals surface area contributed by atoms with Crippen molar-refractivity contribution in [2.24, 2.45) is 0 Å². The van der Waals surface area contributed by atoms with E-state index >= 15 is 0 Å². The van der Waals surface area contributed by atoms with Gasteiger partial charge in [-0.15, -0.1) is 0 Å². The predicted octanol–water partition coefficient (Wildman–Crippen LogP) is 2.98. The summed E-state index contributed by atoms with van der Waals surface area (Å²) in [5.41, 5.74) is 2.97. The van der Waals surface area contributed by atoms with Crippen LogP contribution in [0.25, 0.3) is 0 Å². The van der Waals surface area contributed by atoms with Crippen molar-refractivity contribution < 1.29 is 14.2 Å². The van der Waals surface area contributed by atoms with Crippen molar-refractivity contribution >= 4 is 11.4 Å². The van der Waals surface area contributed by atoms with Gasteiger partial charge >= 0.3 is 0 Å². The fourth-order valence-electron chi connectivity index (χ4n) is 2.59. The third kappa shape index (κ3) is 3.31. The van der Waals surface area contributed by atoms with Crippen LogP contribution in [0.2, 0.25) is 0 Å². The van der Waals surface area contributed by atoms with Gasteiger partial charge in [-0.1, -0.05) is 18.2 Å². The van der Waals surface area contributed by atoms with Crippen molar-refractivity contribution in [2.75, 3.05) is 36.5 Å². The molecule has 0 bridgehead atoms. The highest BCUT2D eigenvalue weighted by Crippen LogP contribution is 2.24. The average molecular weight is 302 g/mol. The van der Waals surface area contributed by atoms with Gasteiger partial charge in [-0.3, -0.25) is 0 Å². The number of hydrogen-bond donors (Lipinski definition) is 2. The number of nitrogens with one attached hydrogen (secondary N) is 1. The summed E-state index contributed by atoms with van der Waals surface area (Å²) in [6.45, 7) is 3.84. The van der Waals surface area contributed by atoms with Gasteiger partial charge in [0, 0.05) is 37.1 Å². The number of phenolic OH excluding ortho intramolecular Hbond substituents is 1. The van der Waals surface area contributed by atoms with Gasteiger partial charge < -0.3 is 20.1 Å². The van der Waals surface area contributed by atoms with Crippen molar-refractivity contribution in [1.82, 2.24) is 0 Å². The van der Waals surface area contributed by atoms with Crippen molar-refractivity contribution in [3.05, 3.63) is 53.8 Å². The van der Waals surface area contributed by atoms with E-state index in [1.54, 1.807) is 6.07 Å². The fourth-order valence-corrected chi connectivity index (χ4v) is 2.59. The van der Waals surface area contributed by atoms with Crippen molar-refractivity contribution in [2.45, 2.75) is 6.54 Å². The molecule has 1 aliphatic heterocycles. The molecule has 1 heterocycles. The van der Waals surface area contributed by atoms with Crippen LogP contribution in [0.5, 0.6) is 5.75 Å². The van der Waals surface area contributed by atoms with Crippen LogP contribution in [0.3, 0.4) is 0 Å². The number of aromatic hydroxyl groups is 1. The first kappa shape index (κ1) is 14.7. The number of ether oxygens (including phenoxy) is 1. The largest absolute Gasteiger partial charge is 0.505 e. The number of nitrogens with zero attached hydrogens (tertiary/aromatic N) is 1. The van der Waals surface area contributed by atoms with Crippen molar-refractivity contribution in [3.63, 3.8) is 0 Å². The zero-order valence-electron chi connectivity index (χ0n) is 12.3. The zero-order chi connectivity index (χ0) is 15.4. The number of benzene rings is 2. The number of phenols is 1. The minimum Gasteiger partial charge on any atom is -0.505 e. The Morgan fingerprint density at radius 2 is 1.91 bits per heavy atom. The first-order chi connectivity index (χ1) is 10.7. The summed E-state index contributed by atoms with van der Waals surface area (Å²) in [5.74, 6) is -0.953. The van der Waals surface area contributed by atoms with Gasteiger partial charge in [0.05, 0.1) is 13.2 Å². The van der Waals surface area contributed by atoms with E-state index in [1.807, 2.05) is 12.1 Å². The lowest BCUT2D eigenvalue weighted by Crippen LogP contribution is -2.36. The summed E-state index contributed by atoms with van der Waals surface area (Å²) in [5, 5.41) is 12.4. The molecule has 1 saturated heterocycles. The molecule has 0 amide bonds. The van der Waals surface area contributed by atoms with Crippen LogP contribution in [-0.4, -0.2) is 31.4 Å². The Labute approximate surface area is 129 Å². The van der Waals surface area contributed by atoms with Gasteiger partial charge in [0.15, 0.2) is 11.6 Å². The monoisotopic (exact) mass is 302 g/mol. The number of hydrogen-bond acceptors (Lipinski definition) is 4. The standard InChI is InChI=1S/C17H19FN2O2/c18-15-11-14(5-6-17(15)21)19-12-13-3-1-2-4-16(13)20-7-9-22-10-8-20/h1-6,11,19,21H,7-10,12H2. The SMILES string of the molecule is Oc1ccc(NCc2ccccc2N2CCOCC2)cc1F. The average Bonchev–Trinajstić information content (AvgIpc) is 2.57. The summed E-state index contributed by atoms with van der Waals surface area (Å²) in [6, 6.07) is 12.5. The number of halogens is 1. The summed E-state index contributed by atoms with van der Waals surface area (Å²) >= 11 is 0. The number of rotatable bonds is 4. The van der Waals surface area contributed by atoms with E-state index in [0.717, 1.165) is 31.9 Å². The van der Waals surface area contributed by atoms with Gasteiger partial charge in [0.2, 0.25) is 0 Å². The van der Waals surface area contributed by atoms with E-state index in [0.29, 0.717) is 12.2 Å². The van der Waals surface area contributed by atoms with Crippen LogP contribution in [0.4, 0.5) is 15.8 Å². The van der Waals surface area contributed by atoms with E-state index in [-0.39, 0.29) is 5.75 Å². The highest BCUT2D eigenvalue weighted by molar-refractivity contribution is 5.56. The Hall–Kier alpha value is -2.27. The van der Waals surface area contributed by atoms with Crippen LogP contribution in [-0.2, 0) is 11.3 Å².